The maximum Gasteiger partial charge on any atom is 0.341 e. The molecule has 3 N–H and O–H groups in total. The normalized spacial score (nSPS) is 13.7. The number of benzene rings is 1. The number of carbonyl (C=O) groups excluding carboxylic acids is 1. The molecule has 19 heavy (non-hydrogen) atoms. The third-order valence-corrected chi connectivity index (χ3v) is 2.40. The quantitative estimate of drug-likeness (QED) is 0.680. The fraction of sp³-hybridized carbons (Fsp3) is 0.273. The summed E-state index contributed by atoms with van der Waals surface area (Å²) in [7, 11) is 0.933. The predicted octanol–water partition coefficient (Wildman–Crippen LogP) is 0.230. The second-order valence-corrected chi connectivity index (χ2v) is 3.54. The number of carboxylic acid groups (broad SMARTS) is 1. The molecule has 104 valence electrons. The van der Waals surface area contributed by atoms with E-state index in [2.05, 4.69) is 4.74 Å². The zero-order chi connectivity index (χ0) is 14.7. The Morgan fingerprint density at radius 1 is 1.26 bits per heavy atom. The van der Waals surface area contributed by atoms with E-state index in [0.717, 1.165) is 13.2 Å². The second kappa shape index (κ2) is 5.72. The van der Waals surface area contributed by atoms with Crippen LogP contribution in [0.15, 0.2) is 12.1 Å². The molecule has 0 saturated heterocycles. The molecule has 0 fully saturated rings. The van der Waals surface area contributed by atoms with E-state index in [1.807, 2.05) is 0 Å². The molecule has 6 nitrogen and oxygen atoms in total. The molecule has 8 heteroatoms. The van der Waals surface area contributed by atoms with E-state index in [1.54, 1.807) is 0 Å². The highest BCUT2D eigenvalue weighted by molar-refractivity contribution is 5.88. The predicted molar refractivity (Wildman–Crippen MR) is 56.3 cm³/mol. The van der Waals surface area contributed by atoms with Crippen LogP contribution in [0.2, 0.25) is 0 Å². The second-order valence-electron chi connectivity index (χ2n) is 3.54. The van der Waals surface area contributed by atoms with Gasteiger partial charge in [0.05, 0.1) is 7.11 Å². The third kappa shape index (κ3) is 2.85. The van der Waals surface area contributed by atoms with Crippen molar-refractivity contribution in [1.29, 1.82) is 0 Å². The van der Waals surface area contributed by atoms with Gasteiger partial charge in [-0.25, -0.2) is 18.4 Å². The van der Waals surface area contributed by atoms with Crippen LogP contribution in [0.3, 0.4) is 0 Å². The van der Waals surface area contributed by atoms with E-state index in [4.69, 9.17) is 5.11 Å². The molecule has 2 atom stereocenters. The average Bonchev–Trinajstić information content (AvgIpc) is 2.36. The van der Waals surface area contributed by atoms with Crippen molar-refractivity contribution in [2.24, 2.45) is 0 Å². The molecule has 0 bridgehead atoms. The Morgan fingerprint density at radius 3 is 2.32 bits per heavy atom. The van der Waals surface area contributed by atoms with E-state index in [1.165, 1.54) is 0 Å². The van der Waals surface area contributed by atoms with E-state index in [-0.39, 0.29) is 0 Å². The van der Waals surface area contributed by atoms with Crippen LogP contribution in [-0.4, -0.2) is 40.5 Å². The van der Waals surface area contributed by atoms with Gasteiger partial charge in [-0.1, -0.05) is 6.07 Å². The molecule has 0 spiro atoms. The standard InChI is InChI=1S/C11H10F2O6/c1-19-11(18)9(15)8(14)4-2-3-5(12)6(7(4)13)10(16)17/h2-3,8-9,14-15H,1H3,(H,16,17). The van der Waals surface area contributed by atoms with Crippen molar-refractivity contribution in [3.8, 4) is 0 Å². The topological polar surface area (TPSA) is 104 Å². The number of aromatic carboxylic acids is 1. The monoisotopic (exact) mass is 276 g/mol. The van der Waals surface area contributed by atoms with Gasteiger partial charge in [0.25, 0.3) is 0 Å². The summed E-state index contributed by atoms with van der Waals surface area (Å²) in [5.41, 5.74) is -2.01. The van der Waals surface area contributed by atoms with Crippen LogP contribution < -0.4 is 0 Å². The number of carboxylic acids is 1. The Labute approximate surface area is 105 Å². The van der Waals surface area contributed by atoms with Gasteiger partial charge in [0.2, 0.25) is 0 Å². The highest BCUT2D eigenvalue weighted by Gasteiger charge is 2.31. The van der Waals surface area contributed by atoms with E-state index in [9.17, 15) is 28.6 Å². The van der Waals surface area contributed by atoms with Crippen molar-refractivity contribution < 1.29 is 38.4 Å². The van der Waals surface area contributed by atoms with Crippen molar-refractivity contribution in [2.45, 2.75) is 12.2 Å². The van der Waals surface area contributed by atoms with Gasteiger partial charge in [-0.15, -0.1) is 0 Å². The minimum atomic E-state index is -2.12. The smallest absolute Gasteiger partial charge is 0.341 e. The number of halogens is 2. The molecule has 0 amide bonds. The number of ether oxygens (including phenoxy) is 1. The van der Waals surface area contributed by atoms with Gasteiger partial charge in [0.1, 0.15) is 23.3 Å². The number of esters is 1. The molecule has 1 aromatic carbocycles. The summed E-state index contributed by atoms with van der Waals surface area (Å²) < 4.78 is 31.0. The molecule has 2 unspecified atom stereocenters. The van der Waals surface area contributed by atoms with Crippen molar-refractivity contribution in [2.75, 3.05) is 7.11 Å². The first-order valence-electron chi connectivity index (χ1n) is 4.96. The van der Waals surface area contributed by atoms with Crippen LogP contribution in [0.1, 0.15) is 22.0 Å². The van der Waals surface area contributed by atoms with Crippen LogP contribution in [-0.2, 0) is 9.53 Å². The summed E-state index contributed by atoms with van der Waals surface area (Å²) in [5.74, 6) is -6.03. The molecule has 0 aliphatic rings. The summed E-state index contributed by atoms with van der Waals surface area (Å²) in [5, 5.41) is 27.5. The molecule has 0 aliphatic carbocycles. The van der Waals surface area contributed by atoms with E-state index < -0.39 is 46.9 Å². The summed E-state index contributed by atoms with van der Waals surface area (Å²) >= 11 is 0. The lowest BCUT2D eigenvalue weighted by molar-refractivity contribution is -0.156. The van der Waals surface area contributed by atoms with Crippen LogP contribution in [0, 0.1) is 11.6 Å². The third-order valence-electron chi connectivity index (χ3n) is 2.40. The zero-order valence-electron chi connectivity index (χ0n) is 9.63. The van der Waals surface area contributed by atoms with Gasteiger partial charge in [-0.2, -0.15) is 0 Å². The van der Waals surface area contributed by atoms with Gasteiger partial charge in [-0.3, -0.25) is 0 Å². The van der Waals surface area contributed by atoms with Gasteiger partial charge in [0, 0.05) is 5.56 Å². The number of hydrogen-bond acceptors (Lipinski definition) is 5. The first-order valence-corrected chi connectivity index (χ1v) is 4.96. The van der Waals surface area contributed by atoms with E-state index >= 15 is 0 Å². The SMILES string of the molecule is COC(=O)C(O)C(O)c1ccc(F)c(C(=O)O)c1F. The molecule has 0 heterocycles. The first-order chi connectivity index (χ1) is 8.81. The first kappa shape index (κ1) is 15.0. The molecule has 0 aliphatic heterocycles. The maximum absolute atomic E-state index is 13.7. The molecule has 0 saturated carbocycles. The molecule has 1 aromatic rings. The molecule has 1 rings (SSSR count). The Kier molecular flexibility index (Phi) is 4.52. The molecule has 0 radical (unpaired) electrons. The summed E-state index contributed by atoms with van der Waals surface area (Å²) in [6, 6.07) is 1.34. The molecular formula is C11H10F2O6. The van der Waals surface area contributed by atoms with Gasteiger partial charge in [-0.05, 0) is 6.07 Å². The van der Waals surface area contributed by atoms with Crippen LogP contribution >= 0.6 is 0 Å². The highest BCUT2D eigenvalue weighted by atomic mass is 19.1. The minimum Gasteiger partial charge on any atom is -0.477 e. The lowest BCUT2D eigenvalue weighted by Crippen LogP contribution is -2.30. The fourth-order valence-electron chi connectivity index (χ4n) is 1.41. The number of hydrogen-bond donors (Lipinski definition) is 3. The maximum atomic E-state index is 13.7. The zero-order valence-corrected chi connectivity index (χ0v) is 9.63. The Morgan fingerprint density at radius 2 is 1.84 bits per heavy atom. The summed E-state index contributed by atoms with van der Waals surface area (Å²) in [6.07, 6.45) is -4.20. The van der Waals surface area contributed by atoms with Crippen molar-refractivity contribution in [3.63, 3.8) is 0 Å². The lowest BCUT2D eigenvalue weighted by atomic mass is 10.0. The number of methoxy groups -OCH3 is 1. The van der Waals surface area contributed by atoms with Gasteiger partial charge < -0.3 is 20.1 Å². The van der Waals surface area contributed by atoms with Crippen LogP contribution in [0.4, 0.5) is 8.78 Å². The van der Waals surface area contributed by atoms with Crippen molar-refractivity contribution in [1.82, 2.24) is 0 Å². The Bertz CT molecular complexity index is 516. The van der Waals surface area contributed by atoms with Crippen molar-refractivity contribution in [3.05, 3.63) is 34.9 Å². The highest BCUT2D eigenvalue weighted by Crippen LogP contribution is 2.25. The minimum absolute atomic E-state index is 0.606. The molecular weight excluding hydrogens is 266 g/mol. The lowest BCUT2D eigenvalue weighted by Gasteiger charge is -2.17. The number of aliphatic hydroxyl groups excluding tert-OH is 2. The molecule has 0 aromatic heterocycles. The van der Waals surface area contributed by atoms with E-state index in [0.29, 0.717) is 6.07 Å². The average molecular weight is 276 g/mol. The Balaban J connectivity index is 3.25. The summed E-state index contributed by atoms with van der Waals surface area (Å²) in [6.45, 7) is 0. The summed E-state index contributed by atoms with van der Waals surface area (Å²) in [4.78, 5) is 21.6. The van der Waals surface area contributed by atoms with Gasteiger partial charge >= 0.3 is 11.9 Å². The fourth-order valence-corrected chi connectivity index (χ4v) is 1.41. The largest absolute Gasteiger partial charge is 0.477 e. The number of carbonyl (C=O) groups is 2. The van der Waals surface area contributed by atoms with Crippen LogP contribution in [0.5, 0.6) is 0 Å². The van der Waals surface area contributed by atoms with Crippen LogP contribution in [0.25, 0.3) is 0 Å². The van der Waals surface area contributed by atoms with Crippen molar-refractivity contribution >= 4 is 11.9 Å². The number of aliphatic hydroxyl groups is 2. The van der Waals surface area contributed by atoms with Gasteiger partial charge in [0.15, 0.2) is 6.10 Å². The Hall–Kier alpha value is -2.06. The number of rotatable bonds is 4.